The molecule has 28 heavy (non-hydrogen) atoms. The highest BCUT2D eigenvalue weighted by Gasteiger charge is 2.14. The van der Waals surface area contributed by atoms with E-state index in [1.807, 2.05) is 45.9 Å². The van der Waals surface area contributed by atoms with Gasteiger partial charge in [-0.3, -0.25) is 9.59 Å². The topological polar surface area (TPSA) is 85.6 Å². The van der Waals surface area contributed by atoms with Crippen molar-refractivity contribution in [1.29, 1.82) is 0 Å². The zero-order valence-electron chi connectivity index (χ0n) is 16.6. The number of hydrogen-bond acceptors (Lipinski definition) is 5. The first-order chi connectivity index (χ1) is 13.3. The van der Waals surface area contributed by atoms with E-state index in [0.29, 0.717) is 12.1 Å². The Morgan fingerprint density at radius 3 is 2.54 bits per heavy atom. The molecule has 2 aromatic heterocycles. The molecule has 0 saturated heterocycles. The quantitative estimate of drug-likeness (QED) is 0.664. The number of aryl methyl sites for hydroxylation is 4. The van der Waals surface area contributed by atoms with Crippen LogP contribution in [0.2, 0.25) is 0 Å². The van der Waals surface area contributed by atoms with E-state index >= 15 is 0 Å². The van der Waals surface area contributed by atoms with Gasteiger partial charge in [0.15, 0.2) is 12.3 Å². The molecule has 2 heterocycles. The Morgan fingerprint density at radius 2 is 1.82 bits per heavy atom. The molecule has 7 heteroatoms. The second-order valence-electron chi connectivity index (χ2n) is 6.89. The highest BCUT2D eigenvalue weighted by molar-refractivity contribution is 5.92. The average Bonchev–Trinajstić information content (AvgIpc) is 3.02. The molecule has 0 saturated carbocycles. The van der Waals surface area contributed by atoms with Gasteiger partial charge in [0.05, 0.1) is 5.69 Å². The highest BCUT2D eigenvalue weighted by atomic mass is 16.5. The number of rotatable bonds is 6. The van der Waals surface area contributed by atoms with Gasteiger partial charge in [-0.15, -0.1) is 0 Å². The van der Waals surface area contributed by atoms with Crippen molar-refractivity contribution in [3.05, 3.63) is 58.5 Å². The van der Waals surface area contributed by atoms with Crippen LogP contribution in [0.3, 0.4) is 0 Å². The molecule has 1 amide bonds. The number of carbonyl (C=O) groups is 2. The number of amides is 1. The van der Waals surface area contributed by atoms with E-state index in [-0.39, 0.29) is 18.9 Å². The molecule has 0 aliphatic heterocycles. The van der Waals surface area contributed by atoms with E-state index < -0.39 is 5.97 Å². The third-order valence-electron chi connectivity index (χ3n) is 4.56. The molecular formula is C21H24N4O3. The van der Waals surface area contributed by atoms with Gasteiger partial charge < -0.3 is 10.1 Å². The van der Waals surface area contributed by atoms with Crippen molar-refractivity contribution < 1.29 is 14.3 Å². The van der Waals surface area contributed by atoms with E-state index in [1.54, 1.807) is 16.6 Å². The second-order valence-corrected chi connectivity index (χ2v) is 6.89. The van der Waals surface area contributed by atoms with E-state index in [0.717, 1.165) is 33.9 Å². The Bertz CT molecular complexity index is 1020. The standard InChI is InChI=1S/C21H24N4O3/c1-13-5-7-17(8-6-13)23-20(26)12-28-21(27)10-9-18-15(3)22-19-11-14(2)24-25(19)16(18)4/h5-8,11H,9-10,12H2,1-4H3,(H,23,26). The summed E-state index contributed by atoms with van der Waals surface area (Å²) in [5, 5.41) is 7.13. The number of nitrogens with one attached hydrogen (secondary N) is 1. The Hall–Kier alpha value is -3.22. The summed E-state index contributed by atoms with van der Waals surface area (Å²) in [6, 6.07) is 9.34. The Kier molecular flexibility index (Phi) is 5.73. The predicted molar refractivity (Wildman–Crippen MR) is 106 cm³/mol. The summed E-state index contributed by atoms with van der Waals surface area (Å²) in [6.07, 6.45) is 0.658. The summed E-state index contributed by atoms with van der Waals surface area (Å²) in [7, 11) is 0. The maximum Gasteiger partial charge on any atom is 0.306 e. The summed E-state index contributed by atoms with van der Waals surface area (Å²) in [4.78, 5) is 28.5. The number of carbonyl (C=O) groups excluding carboxylic acids is 2. The maximum atomic E-state index is 12.1. The first kappa shape index (κ1) is 19.5. The lowest BCUT2D eigenvalue weighted by Crippen LogP contribution is -2.21. The molecule has 0 bridgehead atoms. The lowest BCUT2D eigenvalue weighted by molar-refractivity contribution is -0.147. The van der Waals surface area contributed by atoms with Crippen molar-refractivity contribution in [3.63, 3.8) is 0 Å². The molecule has 1 N–H and O–H groups in total. The molecule has 0 radical (unpaired) electrons. The van der Waals surface area contributed by atoms with Crippen LogP contribution < -0.4 is 5.32 Å². The minimum atomic E-state index is -0.422. The van der Waals surface area contributed by atoms with Crippen LogP contribution in [0, 0.1) is 27.7 Å². The first-order valence-corrected chi connectivity index (χ1v) is 9.18. The zero-order chi connectivity index (χ0) is 20.3. The molecule has 0 aliphatic carbocycles. The number of ether oxygens (including phenoxy) is 1. The molecule has 146 valence electrons. The van der Waals surface area contributed by atoms with Gasteiger partial charge in [-0.25, -0.2) is 9.50 Å². The fraction of sp³-hybridized carbons (Fsp3) is 0.333. The molecule has 3 aromatic rings. The van der Waals surface area contributed by atoms with Gasteiger partial charge in [0.1, 0.15) is 0 Å². The van der Waals surface area contributed by atoms with Crippen molar-refractivity contribution in [1.82, 2.24) is 14.6 Å². The van der Waals surface area contributed by atoms with Crippen LogP contribution in [0.25, 0.3) is 5.65 Å². The van der Waals surface area contributed by atoms with Gasteiger partial charge in [0, 0.05) is 29.6 Å². The number of benzene rings is 1. The Labute approximate surface area is 163 Å². The van der Waals surface area contributed by atoms with Gasteiger partial charge in [-0.1, -0.05) is 17.7 Å². The van der Waals surface area contributed by atoms with Crippen molar-refractivity contribution in [2.45, 2.75) is 40.5 Å². The van der Waals surface area contributed by atoms with E-state index in [9.17, 15) is 9.59 Å². The fourth-order valence-electron chi connectivity index (χ4n) is 3.08. The van der Waals surface area contributed by atoms with Crippen molar-refractivity contribution in [2.75, 3.05) is 11.9 Å². The van der Waals surface area contributed by atoms with Crippen LogP contribution in [-0.4, -0.2) is 33.1 Å². The van der Waals surface area contributed by atoms with Gasteiger partial charge in [-0.05, 0) is 51.8 Å². The first-order valence-electron chi connectivity index (χ1n) is 9.18. The van der Waals surface area contributed by atoms with Gasteiger partial charge in [0.25, 0.3) is 5.91 Å². The molecule has 0 aliphatic rings. The van der Waals surface area contributed by atoms with E-state index in [4.69, 9.17) is 4.74 Å². The van der Waals surface area contributed by atoms with Crippen molar-refractivity contribution in [2.24, 2.45) is 0 Å². The smallest absolute Gasteiger partial charge is 0.306 e. The summed E-state index contributed by atoms with van der Waals surface area (Å²) in [5.74, 6) is -0.783. The average molecular weight is 380 g/mol. The molecule has 3 rings (SSSR count). The van der Waals surface area contributed by atoms with Crippen LogP contribution in [0.4, 0.5) is 5.69 Å². The zero-order valence-corrected chi connectivity index (χ0v) is 16.6. The minimum Gasteiger partial charge on any atom is -0.456 e. The molecule has 0 spiro atoms. The molecule has 1 aromatic carbocycles. The van der Waals surface area contributed by atoms with Crippen LogP contribution in [-0.2, 0) is 20.7 Å². The largest absolute Gasteiger partial charge is 0.456 e. The van der Waals surface area contributed by atoms with Crippen LogP contribution in [0.1, 0.15) is 34.6 Å². The van der Waals surface area contributed by atoms with Gasteiger partial charge in [0.2, 0.25) is 0 Å². The van der Waals surface area contributed by atoms with Gasteiger partial charge in [-0.2, -0.15) is 5.10 Å². The lowest BCUT2D eigenvalue weighted by Gasteiger charge is -2.11. The third kappa shape index (κ3) is 4.54. The molecular weight excluding hydrogens is 356 g/mol. The number of fused-ring (bicyclic) bond motifs is 1. The molecule has 0 unspecified atom stereocenters. The third-order valence-corrected chi connectivity index (χ3v) is 4.56. The summed E-state index contributed by atoms with van der Waals surface area (Å²) >= 11 is 0. The van der Waals surface area contributed by atoms with Crippen LogP contribution in [0.5, 0.6) is 0 Å². The van der Waals surface area contributed by atoms with Crippen LogP contribution >= 0.6 is 0 Å². The second kappa shape index (κ2) is 8.21. The lowest BCUT2D eigenvalue weighted by atomic mass is 10.1. The minimum absolute atomic E-state index is 0.174. The van der Waals surface area contributed by atoms with Crippen molar-refractivity contribution in [3.8, 4) is 0 Å². The highest BCUT2D eigenvalue weighted by Crippen LogP contribution is 2.17. The maximum absolute atomic E-state index is 12.1. The summed E-state index contributed by atoms with van der Waals surface area (Å²) in [6.45, 7) is 7.47. The number of esters is 1. The monoisotopic (exact) mass is 380 g/mol. The number of hydrogen-bond donors (Lipinski definition) is 1. The molecule has 7 nitrogen and oxygen atoms in total. The van der Waals surface area contributed by atoms with Crippen molar-refractivity contribution >= 4 is 23.2 Å². The Morgan fingerprint density at radius 1 is 1.11 bits per heavy atom. The van der Waals surface area contributed by atoms with E-state index in [1.165, 1.54) is 0 Å². The number of aromatic nitrogens is 3. The summed E-state index contributed by atoms with van der Waals surface area (Å²) < 4.78 is 6.89. The Balaban J connectivity index is 1.53. The van der Waals surface area contributed by atoms with Gasteiger partial charge >= 0.3 is 5.97 Å². The van der Waals surface area contributed by atoms with E-state index in [2.05, 4.69) is 15.4 Å². The number of anilines is 1. The molecule has 0 fully saturated rings. The summed E-state index contributed by atoms with van der Waals surface area (Å²) in [5.41, 5.74) is 6.27. The normalized spacial score (nSPS) is 10.9. The fourth-order valence-corrected chi connectivity index (χ4v) is 3.08. The SMILES string of the molecule is Cc1ccc(NC(=O)COC(=O)CCc2c(C)nc3cc(C)nn3c2C)cc1. The predicted octanol–water partition coefficient (Wildman–Crippen LogP) is 3.08. The van der Waals surface area contributed by atoms with Crippen LogP contribution in [0.15, 0.2) is 30.3 Å². The molecule has 0 atom stereocenters. The number of nitrogens with zero attached hydrogens (tertiary/aromatic N) is 3.